The second-order valence-corrected chi connectivity index (χ2v) is 4.62. The van der Waals surface area contributed by atoms with Crippen LogP contribution in [0, 0.1) is 0 Å². The van der Waals surface area contributed by atoms with E-state index in [2.05, 4.69) is 9.97 Å². The highest BCUT2D eigenvalue weighted by molar-refractivity contribution is 7.99. The highest BCUT2D eigenvalue weighted by Gasteiger charge is 2.14. The van der Waals surface area contributed by atoms with Crippen LogP contribution in [-0.4, -0.2) is 32.6 Å². The Morgan fingerprint density at radius 2 is 2.38 bits per heavy atom. The molecule has 0 saturated carbocycles. The molecule has 1 aromatic rings. The number of aldehydes is 1. The summed E-state index contributed by atoms with van der Waals surface area (Å²) in [6, 6.07) is 0. The molecule has 0 aliphatic carbocycles. The van der Waals surface area contributed by atoms with Gasteiger partial charge in [0.2, 0.25) is 0 Å². The van der Waals surface area contributed by atoms with E-state index in [0.29, 0.717) is 16.7 Å². The Morgan fingerprint density at radius 3 is 2.88 bits per heavy atom. The molecule has 1 atom stereocenters. The maximum atomic E-state index is 10.8. The Balaban J connectivity index is 3.02. The number of nitrogens with zero attached hydrogens (tertiary/aromatic N) is 2. The maximum absolute atomic E-state index is 10.8. The van der Waals surface area contributed by atoms with Crippen molar-refractivity contribution in [3.63, 3.8) is 0 Å². The van der Waals surface area contributed by atoms with Crippen molar-refractivity contribution < 1.29 is 14.7 Å². The van der Waals surface area contributed by atoms with Crippen LogP contribution in [-0.2, 0) is 0 Å². The molecule has 6 heteroatoms. The molecule has 1 heterocycles. The van der Waals surface area contributed by atoms with E-state index < -0.39 is 5.97 Å². The van der Waals surface area contributed by atoms with Gasteiger partial charge in [-0.1, -0.05) is 25.6 Å². The molecule has 0 bridgehead atoms. The number of thioether (sulfide) groups is 1. The van der Waals surface area contributed by atoms with Crippen LogP contribution in [0.3, 0.4) is 0 Å². The summed E-state index contributed by atoms with van der Waals surface area (Å²) in [6.07, 6.45) is 2.63. The Labute approximate surface area is 97.3 Å². The second kappa shape index (κ2) is 5.60. The molecular weight excluding hydrogens is 228 g/mol. The molecule has 16 heavy (non-hydrogen) atoms. The number of carbonyl (C=O) groups is 2. The van der Waals surface area contributed by atoms with Crippen LogP contribution in [0.5, 0.6) is 0 Å². The van der Waals surface area contributed by atoms with E-state index in [0.717, 1.165) is 6.42 Å². The molecule has 86 valence electrons. The van der Waals surface area contributed by atoms with E-state index in [1.807, 2.05) is 13.8 Å². The summed E-state index contributed by atoms with van der Waals surface area (Å²) < 4.78 is 0. The Morgan fingerprint density at radius 1 is 1.69 bits per heavy atom. The number of aromatic nitrogens is 2. The number of hydrogen-bond acceptors (Lipinski definition) is 5. The van der Waals surface area contributed by atoms with Crippen molar-refractivity contribution in [1.82, 2.24) is 9.97 Å². The van der Waals surface area contributed by atoms with E-state index in [9.17, 15) is 9.59 Å². The van der Waals surface area contributed by atoms with Gasteiger partial charge < -0.3 is 5.11 Å². The number of carboxylic acids is 1. The van der Waals surface area contributed by atoms with Gasteiger partial charge in [-0.05, 0) is 6.42 Å². The molecule has 0 saturated heterocycles. The van der Waals surface area contributed by atoms with Crippen molar-refractivity contribution in [2.45, 2.75) is 30.7 Å². The van der Waals surface area contributed by atoms with Gasteiger partial charge in [0.15, 0.2) is 17.1 Å². The molecule has 0 aromatic carbocycles. The van der Waals surface area contributed by atoms with Crippen molar-refractivity contribution in [2.24, 2.45) is 0 Å². The topological polar surface area (TPSA) is 80.2 Å². The smallest absolute Gasteiger partial charge is 0.355 e. The van der Waals surface area contributed by atoms with Gasteiger partial charge in [-0.3, -0.25) is 4.79 Å². The lowest BCUT2D eigenvalue weighted by molar-refractivity contribution is 0.0686. The van der Waals surface area contributed by atoms with Crippen LogP contribution in [0.2, 0.25) is 0 Å². The number of carboxylic acid groups (broad SMARTS) is 1. The first kappa shape index (κ1) is 12.6. The van der Waals surface area contributed by atoms with E-state index in [-0.39, 0.29) is 11.3 Å². The predicted molar refractivity (Wildman–Crippen MR) is 60.0 cm³/mol. The molecule has 1 rings (SSSR count). The molecule has 0 radical (unpaired) electrons. The minimum atomic E-state index is -1.21. The minimum Gasteiger partial charge on any atom is -0.476 e. The van der Waals surface area contributed by atoms with E-state index in [1.54, 1.807) is 0 Å². The van der Waals surface area contributed by atoms with Gasteiger partial charge in [-0.2, -0.15) is 0 Å². The van der Waals surface area contributed by atoms with E-state index in [1.165, 1.54) is 18.0 Å². The van der Waals surface area contributed by atoms with Crippen LogP contribution in [0.4, 0.5) is 0 Å². The number of rotatable bonds is 5. The van der Waals surface area contributed by atoms with Crippen LogP contribution in [0.25, 0.3) is 0 Å². The largest absolute Gasteiger partial charge is 0.476 e. The summed E-state index contributed by atoms with van der Waals surface area (Å²) in [5.74, 6) is -1.21. The van der Waals surface area contributed by atoms with Gasteiger partial charge in [0.25, 0.3) is 0 Å². The Bertz CT molecular complexity index is 409. The van der Waals surface area contributed by atoms with E-state index in [4.69, 9.17) is 5.11 Å². The van der Waals surface area contributed by atoms with E-state index >= 15 is 0 Å². The minimum absolute atomic E-state index is 0.000927. The van der Waals surface area contributed by atoms with Gasteiger partial charge >= 0.3 is 5.97 Å². The van der Waals surface area contributed by atoms with Crippen molar-refractivity contribution in [3.8, 4) is 0 Å². The van der Waals surface area contributed by atoms with Crippen molar-refractivity contribution in [1.29, 1.82) is 0 Å². The summed E-state index contributed by atoms with van der Waals surface area (Å²) >= 11 is 1.39. The Kier molecular flexibility index (Phi) is 4.42. The number of aromatic carboxylic acids is 1. The number of carbonyl (C=O) groups excluding carboxylic acids is 1. The monoisotopic (exact) mass is 240 g/mol. The molecule has 1 unspecified atom stereocenters. The SMILES string of the molecule is CCC(C)Sc1ncc(C=O)c(C(=O)O)n1. The fraction of sp³-hybridized carbons (Fsp3) is 0.400. The average molecular weight is 240 g/mol. The molecule has 0 aliphatic heterocycles. The molecular formula is C10H12N2O3S. The van der Waals surface area contributed by atoms with Gasteiger partial charge in [0.05, 0.1) is 5.56 Å². The average Bonchev–Trinajstić information content (AvgIpc) is 2.28. The van der Waals surface area contributed by atoms with Crippen LogP contribution < -0.4 is 0 Å². The molecule has 0 aliphatic rings. The predicted octanol–water partition coefficient (Wildman–Crippen LogP) is 1.88. The molecule has 1 N–H and O–H groups in total. The van der Waals surface area contributed by atoms with Crippen molar-refractivity contribution >= 4 is 24.0 Å². The van der Waals surface area contributed by atoms with Gasteiger partial charge in [0, 0.05) is 11.4 Å². The third-order valence-electron chi connectivity index (χ3n) is 2.01. The molecule has 1 aromatic heterocycles. The fourth-order valence-electron chi connectivity index (χ4n) is 0.953. The fourth-order valence-corrected chi connectivity index (χ4v) is 1.74. The lowest BCUT2D eigenvalue weighted by Gasteiger charge is -2.07. The lowest BCUT2D eigenvalue weighted by atomic mass is 10.2. The summed E-state index contributed by atoms with van der Waals surface area (Å²) in [7, 11) is 0. The molecule has 0 spiro atoms. The summed E-state index contributed by atoms with van der Waals surface area (Å²) in [5.41, 5.74) is -0.239. The molecule has 0 amide bonds. The molecule has 5 nitrogen and oxygen atoms in total. The third kappa shape index (κ3) is 3.03. The van der Waals surface area contributed by atoms with Crippen LogP contribution in [0.15, 0.2) is 11.4 Å². The van der Waals surface area contributed by atoms with Crippen molar-refractivity contribution in [3.05, 3.63) is 17.5 Å². The zero-order chi connectivity index (χ0) is 12.1. The highest BCUT2D eigenvalue weighted by atomic mass is 32.2. The zero-order valence-electron chi connectivity index (χ0n) is 9.01. The van der Waals surface area contributed by atoms with Gasteiger partial charge in [-0.15, -0.1) is 0 Å². The first-order valence-electron chi connectivity index (χ1n) is 4.80. The second-order valence-electron chi connectivity index (χ2n) is 3.22. The quantitative estimate of drug-likeness (QED) is 0.481. The maximum Gasteiger partial charge on any atom is 0.355 e. The molecule has 0 fully saturated rings. The van der Waals surface area contributed by atoms with Crippen LogP contribution in [0.1, 0.15) is 41.1 Å². The normalized spacial score (nSPS) is 12.1. The van der Waals surface area contributed by atoms with Gasteiger partial charge in [-0.25, -0.2) is 14.8 Å². The van der Waals surface area contributed by atoms with Crippen molar-refractivity contribution in [2.75, 3.05) is 0 Å². The summed E-state index contributed by atoms with van der Waals surface area (Å²) in [6.45, 7) is 4.03. The lowest BCUT2D eigenvalue weighted by Crippen LogP contribution is -2.08. The van der Waals surface area contributed by atoms with Crippen LogP contribution >= 0.6 is 11.8 Å². The van der Waals surface area contributed by atoms with Gasteiger partial charge in [0.1, 0.15) is 0 Å². The zero-order valence-corrected chi connectivity index (χ0v) is 9.82. The Hall–Kier alpha value is -1.43. The third-order valence-corrected chi connectivity index (χ3v) is 3.15. The first-order valence-corrected chi connectivity index (χ1v) is 5.68. The standard InChI is InChI=1S/C10H12N2O3S/c1-3-6(2)16-10-11-4-7(5-13)8(12-10)9(14)15/h4-6H,3H2,1-2H3,(H,14,15). The first-order chi connectivity index (χ1) is 7.58. The summed E-state index contributed by atoms with van der Waals surface area (Å²) in [4.78, 5) is 29.2. The highest BCUT2D eigenvalue weighted by Crippen LogP contribution is 2.21. The number of hydrogen-bond donors (Lipinski definition) is 1. The summed E-state index contributed by atoms with van der Waals surface area (Å²) in [5, 5.41) is 9.55.